The number of hydrogen-bond acceptors (Lipinski definition) is 4. The van der Waals surface area contributed by atoms with Crippen molar-refractivity contribution in [1.82, 2.24) is 10.0 Å². The van der Waals surface area contributed by atoms with Gasteiger partial charge in [-0.25, -0.2) is 8.42 Å². The summed E-state index contributed by atoms with van der Waals surface area (Å²) < 4.78 is 33.1. The SMILES string of the molecule is COCC(C)NC(=O)C(NS(=O)(=O)c1ccc2ccccc2c1)C(C)C. The van der Waals surface area contributed by atoms with E-state index < -0.39 is 16.1 Å². The highest BCUT2D eigenvalue weighted by Crippen LogP contribution is 2.19. The second-order valence-electron chi connectivity index (χ2n) is 6.72. The minimum Gasteiger partial charge on any atom is -0.383 e. The number of nitrogens with one attached hydrogen (secondary N) is 2. The minimum absolute atomic E-state index is 0.139. The predicted molar refractivity (Wildman–Crippen MR) is 102 cm³/mol. The summed E-state index contributed by atoms with van der Waals surface area (Å²) in [5, 5.41) is 4.56. The Morgan fingerprint density at radius 1 is 1.08 bits per heavy atom. The van der Waals surface area contributed by atoms with E-state index >= 15 is 0 Å². The molecule has 6 nitrogen and oxygen atoms in total. The first-order chi connectivity index (χ1) is 12.2. The number of methoxy groups -OCH3 is 1. The zero-order valence-electron chi connectivity index (χ0n) is 15.5. The van der Waals surface area contributed by atoms with Crippen LogP contribution in [0.15, 0.2) is 47.4 Å². The fourth-order valence-electron chi connectivity index (χ4n) is 2.69. The monoisotopic (exact) mass is 378 g/mol. The van der Waals surface area contributed by atoms with Crippen LogP contribution in [0.3, 0.4) is 0 Å². The molecule has 0 aliphatic rings. The Bertz CT molecular complexity index is 865. The van der Waals surface area contributed by atoms with E-state index in [-0.39, 0.29) is 22.8 Å². The van der Waals surface area contributed by atoms with Gasteiger partial charge in [0.05, 0.1) is 11.5 Å². The van der Waals surface area contributed by atoms with Gasteiger partial charge in [-0.3, -0.25) is 4.79 Å². The molecule has 0 fully saturated rings. The minimum atomic E-state index is -3.83. The maximum atomic E-state index is 12.8. The van der Waals surface area contributed by atoms with E-state index in [4.69, 9.17) is 4.74 Å². The number of fused-ring (bicyclic) bond motifs is 1. The molecule has 0 aromatic heterocycles. The molecule has 0 aliphatic heterocycles. The zero-order chi connectivity index (χ0) is 19.3. The van der Waals surface area contributed by atoms with Crippen LogP contribution in [0, 0.1) is 5.92 Å². The summed E-state index contributed by atoms with van der Waals surface area (Å²) in [4.78, 5) is 12.6. The molecule has 0 bridgehead atoms. The Hall–Kier alpha value is -1.96. The molecular formula is C19H26N2O4S. The van der Waals surface area contributed by atoms with Crippen molar-refractivity contribution in [3.8, 4) is 0 Å². The number of amides is 1. The van der Waals surface area contributed by atoms with Crippen LogP contribution < -0.4 is 10.0 Å². The largest absolute Gasteiger partial charge is 0.383 e. The molecule has 0 heterocycles. The number of carbonyl (C=O) groups excluding carboxylic acids is 1. The van der Waals surface area contributed by atoms with Gasteiger partial charge >= 0.3 is 0 Å². The smallest absolute Gasteiger partial charge is 0.241 e. The summed E-state index contributed by atoms with van der Waals surface area (Å²) in [6.07, 6.45) is 0. The predicted octanol–water partition coefficient (Wildman–Crippen LogP) is 2.29. The summed E-state index contributed by atoms with van der Waals surface area (Å²) in [5.41, 5.74) is 0. The normalized spacial score (nSPS) is 14.3. The van der Waals surface area contributed by atoms with Gasteiger partial charge in [-0.1, -0.05) is 44.2 Å². The summed E-state index contributed by atoms with van der Waals surface area (Å²) in [5.74, 6) is -0.575. The lowest BCUT2D eigenvalue weighted by Crippen LogP contribution is -2.52. The molecule has 0 saturated carbocycles. The van der Waals surface area contributed by atoms with E-state index in [2.05, 4.69) is 10.0 Å². The van der Waals surface area contributed by atoms with Gasteiger partial charge in [0, 0.05) is 13.2 Å². The number of carbonyl (C=O) groups is 1. The molecule has 0 spiro atoms. The molecule has 7 heteroatoms. The number of ether oxygens (including phenoxy) is 1. The van der Waals surface area contributed by atoms with Crippen LogP contribution >= 0.6 is 0 Å². The van der Waals surface area contributed by atoms with Gasteiger partial charge < -0.3 is 10.1 Å². The molecule has 2 N–H and O–H groups in total. The van der Waals surface area contributed by atoms with Crippen LogP contribution in [0.4, 0.5) is 0 Å². The van der Waals surface area contributed by atoms with E-state index in [9.17, 15) is 13.2 Å². The highest BCUT2D eigenvalue weighted by molar-refractivity contribution is 7.89. The first-order valence-corrected chi connectivity index (χ1v) is 10.0. The first-order valence-electron chi connectivity index (χ1n) is 8.55. The molecule has 142 valence electrons. The van der Waals surface area contributed by atoms with Crippen LogP contribution in [0.2, 0.25) is 0 Å². The summed E-state index contributed by atoms with van der Waals surface area (Å²) in [7, 11) is -2.28. The van der Waals surface area contributed by atoms with Gasteiger partial charge in [0.1, 0.15) is 6.04 Å². The van der Waals surface area contributed by atoms with Gasteiger partial charge in [-0.2, -0.15) is 4.72 Å². The number of hydrogen-bond donors (Lipinski definition) is 2. The Morgan fingerprint density at radius 2 is 1.73 bits per heavy atom. The van der Waals surface area contributed by atoms with Gasteiger partial charge in [-0.05, 0) is 35.7 Å². The van der Waals surface area contributed by atoms with E-state index in [1.54, 1.807) is 46.1 Å². The number of benzene rings is 2. The second-order valence-corrected chi connectivity index (χ2v) is 8.43. The average molecular weight is 378 g/mol. The van der Waals surface area contributed by atoms with Crippen molar-refractivity contribution in [2.75, 3.05) is 13.7 Å². The van der Waals surface area contributed by atoms with Crippen LogP contribution in [0.25, 0.3) is 10.8 Å². The topological polar surface area (TPSA) is 84.5 Å². The maximum Gasteiger partial charge on any atom is 0.241 e. The molecule has 2 unspecified atom stereocenters. The van der Waals surface area contributed by atoms with Crippen molar-refractivity contribution in [3.05, 3.63) is 42.5 Å². The fraction of sp³-hybridized carbons (Fsp3) is 0.421. The van der Waals surface area contributed by atoms with Crippen LogP contribution in [0.1, 0.15) is 20.8 Å². The summed E-state index contributed by atoms with van der Waals surface area (Å²) >= 11 is 0. The Balaban J connectivity index is 2.23. The molecule has 2 atom stereocenters. The van der Waals surface area contributed by atoms with Crippen molar-refractivity contribution in [2.24, 2.45) is 5.92 Å². The van der Waals surface area contributed by atoms with Crippen molar-refractivity contribution >= 4 is 26.7 Å². The molecule has 2 rings (SSSR count). The molecule has 0 aliphatic carbocycles. The Labute approximate surface area is 155 Å². The van der Waals surface area contributed by atoms with Crippen molar-refractivity contribution in [2.45, 2.75) is 37.8 Å². The quantitative estimate of drug-likeness (QED) is 0.738. The van der Waals surface area contributed by atoms with Crippen molar-refractivity contribution in [3.63, 3.8) is 0 Å². The second kappa shape index (κ2) is 8.62. The molecule has 2 aromatic rings. The van der Waals surface area contributed by atoms with Crippen LogP contribution in [-0.2, 0) is 19.6 Å². The third kappa shape index (κ3) is 5.03. The van der Waals surface area contributed by atoms with Gasteiger partial charge in [0.15, 0.2) is 0 Å². The van der Waals surface area contributed by atoms with Crippen LogP contribution in [-0.4, -0.2) is 40.1 Å². The molecule has 0 saturated heterocycles. The van der Waals surface area contributed by atoms with Gasteiger partial charge in [-0.15, -0.1) is 0 Å². The number of rotatable bonds is 8. The fourth-order valence-corrected chi connectivity index (χ4v) is 4.07. The Morgan fingerprint density at radius 3 is 2.35 bits per heavy atom. The lowest BCUT2D eigenvalue weighted by atomic mass is 10.0. The molecule has 1 amide bonds. The average Bonchev–Trinajstić information content (AvgIpc) is 2.59. The third-order valence-corrected chi connectivity index (χ3v) is 5.51. The lowest BCUT2D eigenvalue weighted by Gasteiger charge is -2.23. The molecular weight excluding hydrogens is 352 g/mol. The third-order valence-electron chi connectivity index (χ3n) is 4.07. The maximum absolute atomic E-state index is 12.8. The summed E-state index contributed by atoms with van der Waals surface area (Å²) in [6.45, 7) is 5.76. The first kappa shape index (κ1) is 20.4. The van der Waals surface area contributed by atoms with Crippen molar-refractivity contribution < 1.29 is 17.9 Å². The zero-order valence-corrected chi connectivity index (χ0v) is 16.3. The highest BCUT2D eigenvalue weighted by Gasteiger charge is 2.29. The van der Waals surface area contributed by atoms with E-state index in [0.29, 0.717) is 6.61 Å². The van der Waals surface area contributed by atoms with Crippen molar-refractivity contribution in [1.29, 1.82) is 0 Å². The Kier molecular flexibility index (Phi) is 6.75. The molecule has 2 aromatic carbocycles. The standard InChI is InChI=1S/C19H26N2O4S/c1-13(2)18(19(22)20-14(3)12-25-4)21-26(23,24)17-10-9-15-7-5-6-8-16(15)11-17/h5-11,13-14,18,21H,12H2,1-4H3,(H,20,22). The van der Waals surface area contributed by atoms with Crippen LogP contribution in [0.5, 0.6) is 0 Å². The van der Waals surface area contributed by atoms with Gasteiger partial charge in [0.25, 0.3) is 0 Å². The van der Waals surface area contributed by atoms with E-state index in [1.807, 2.05) is 24.3 Å². The lowest BCUT2D eigenvalue weighted by molar-refractivity contribution is -0.124. The van der Waals surface area contributed by atoms with Gasteiger partial charge in [0.2, 0.25) is 15.9 Å². The van der Waals surface area contributed by atoms with E-state index in [1.165, 1.54) is 0 Å². The summed E-state index contributed by atoms with van der Waals surface area (Å²) in [6, 6.07) is 11.4. The number of sulfonamides is 1. The van der Waals surface area contributed by atoms with E-state index in [0.717, 1.165) is 10.8 Å². The molecule has 26 heavy (non-hydrogen) atoms. The molecule has 0 radical (unpaired) electrons. The highest BCUT2D eigenvalue weighted by atomic mass is 32.2.